The minimum absolute atomic E-state index is 0.145. The molecule has 1 aromatic heterocycles. The Bertz CT molecular complexity index is 485. The maximum atomic E-state index is 12.6. The Kier molecular flexibility index (Phi) is 4.43. The van der Waals surface area contributed by atoms with E-state index in [1.165, 1.54) is 6.92 Å². The number of rotatable bonds is 3. The summed E-state index contributed by atoms with van der Waals surface area (Å²) in [6, 6.07) is 0.581. The lowest BCUT2D eigenvalue weighted by Crippen LogP contribution is -2.15. The van der Waals surface area contributed by atoms with Crippen molar-refractivity contribution in [2.45, 2.75) is 25.9 Å². The second-order valence-electron chi connectivity index (χ2n) is 3.73. The monoisotopic (exact) mass is 283 g/mol. The molecule has 1 aromatic rings. The van der Waals surface area contributed by atoms with Gasteiger partial charge in [-0.15, -0.1) is 0 Å². The third-order valence-corrected chi connectivity index (χ3v) is 2.48. The topological polar surface area (TPSA) is 39.2 Å². The fourth-order valence-corrected chi connectivity index (χ4v) is 1.45. The first kappa shape index (κ1) is 15.3. The largest absolute Gasteiger partial charge is 0.469 e. The molecule has 0 fully saturated rings. The van der Waals surface area contributed by atoms with E-state index in [1.807, 2.05) is 0 Å². The van der Waals surface area contributed by atoms with Gasteiger partial charge in [-0.05, 0) is 24.1 Å². The Balaban J connectivity index is 3.36. The Labute approximate surface area is 105 Å². The molecule has 0 spiro atoms. The van der Waals surface area contributed by atoms with Crippen LogP contribution in [0.3, 0.4) is 0 Å². The lowest BCUT2D eigenvalue weighted by Gasteiger charge is -2.14. The molecule has 0 radical (unpaired) electrons. The minimum atomic E-state index is -4.86. The number of ether oxygens (including phenoxy) is 1. The predicted molar refractivity (Wildman–Crippen MR) is 54.7 cm³/mol. The molecular weight excluding hydrogens is 273 g/mol. The van der Waals surface area contributed by atoms with E-state index in [9.17, 15) is 26.7 Å². The van der Waals surface area contributed by atoms with E-state index in [-0.39, 0.29) is 11.1 Å². The Morgan fingerprint density at radius 3 is 2.42 bits per heavy atom. The highest BCUT2D eigenvalue weighted by atomic mass is 19.4. The fraction of sp³-hybridized carbons (Fsp3) is 0.455. The molecule has 0 aliphatic carbocycles. The van der Waals surface area contributed by atoms with Crippen LogP contribution >= 0.6 is 0 Å². The molecule has 0 saturated carbocycles. The number of carbonyl (C=O) groups is 1. The second kappa shape index (κ2) is 5.50. The van der Waals surface area contributed by atoms with E-state index in [0.29, 0.717) is 6.07 Å². The van der Waals surface area contributed by atoms with Crippen LogP contribution in [0, 0.1) is 6.92 Å². The van der Waals surface area contributed by atoms with E-state index in [4.69, 9.17) is 0 Å². The van der Waals surface area contributed by atoms with E-state index >= 15 is 0 Å². The predicted octanol–water partition coefficient (Wildman–Crippen LogP) is 3.06. The van der Waals surface area contributed by atoms with Gasteiger partial charge in [-0.25, -0.2) is 13.8 Å². The average molecular weight is 283 g/mol. The van der Waals surface area contributed by atoms with Crippen LogP contribution in [0.4, 0.5) is 22.0 Å². The first-order chi connectivity index (χ1) is 8.66. The number of esters is 1. The van der Waals surface area contributed by atoms with Crippen LogP contribution in [-0.2, 0) is 22.1 Å². The third-order valence-electron chi connectivity index (χ3n) is 2.48. The number of hydrogen-bond acceptors (Lipinski definition) is 3. The van der Waals surface area contributed by atoms with Crippen molar-refractivity contribution in [3.05, 3.63) is 28.6 Å². The molecule has 0 N–H and O–H groups in total. The van der Waals surface area contributed by atoms with Crippen molar-refractivity contribution >= 4 is 5.97 Å². The molecule has 0 saturated heterocycles. The van der Waals surface area contributed by atoms with E-state index < -0.39 is 36.4 Å². The molecule has 19 heavy (non-hydrogen) atoms. The van der Waals surface area contributed by atoms with Crippen molar-refractivity contribution in [1.82, 2.24) is 4.98 Å². The molecule has 0 aliphatic rings. The minimum Gasteiger partial charge on any atom is -0.469 e. The summed E-state index contributed by atoms with van der Waals surface area (Å²) in [6.07, 6.45) is -8.53. The van der Waals surface area contributed by atoms with Gasteiger partial charge in [-0.1, -0.05) is 0 Å². The molecule has 1 heterocycles. The SMILES string of the molecule is COC(=O)Cc1cc(C(F)(F)F)nc(C(F)F)c1C. The lowest BCUT2D eigenvalue weighted by molar-refractivity contribution is -0.142. The van der Waals surface area contributed by atoms with Gasteiger partial charge in [-0.2, -0.15) is 13.2 Å². The van der Waals surface area contributed by atoms with Gasteiger partial charge in [0.2, 0.25) is 0 Å². The summed E-state index contributed by atoms with van der Waals surface area (Å²) in [4.78, 5) is 14.0. The Morgan fingerprint density at radius 1 is 1.42 bits per heavy atom. The third kappa shape index (κ3) is 3.62. The summed E-state index contributed by atoms with van der Waals surface area (Å²) in [5, 5.41) is 0. The van der Waals surface area contributed by atoms with Crippen molar-refractivity contribution in [2.75, 3.05) is 7.11 Å². The zero-order valence-electron chi connectivity index (χ0n) is 10.0. The lowest BCUT2D eigenvalue weighted by atomic mass is 10.0. The van der Waals surface area contributed by atoms with Crippen molar-refractivity contribution in [1.29, 1.82) is 0 Å². The molecule has 3 nitrogen and oxygen atoms in total. The summed E-state index contributed by atoms with van der Waals surface area (Å²) >= 11 is 0. The van der Waals surface area contributed by atoms with Crippen LogP contribution in [0.1, 0.15) is 28.9 Å². The summed E-state index contributed by atoms with van der Waals surface area (Å²) < 4.78 is 67.2. The first-order valence-corrected chi connectivity index (χ1v) is 5.09. The van der Waals surface area contributed by atoms with Crippen LogP contribution in [0.15, 0.2) is 6.07 Å². The van der Waals surface area contributed by atoms with E-state index in [0.717, 1.165) is 7.11 Å². The molecule has 0 amide bonds. The molecule has 0 aliphatic heterocycles. The van der Waals surface area contributed by atoms with Crippen LogP contribution in [0.2, 0.25) is 0 Å². The smallest absolute Gasteiger partial charge is 0.433 e. The molecule has 0 unspecified atom stereocenters. The number of carbonyl (C=O) groups excluding carboxylic acids is 1. The normalized spacial score (nSPS) is 11.8. The van der Waals surface area contributed by atoms with Gasteiger partial charge in [0.05, 0.1) is 13.5 Å². The fourth-order valence-electron chi connectivity index (χ4n) is 1.45. The number of methoxy groups -OCH3 is 1. The first-order valence-electron chi connectivity index (χ1n) is 5.09. The van der Waals surface area contributed by atoms with Crippen LogP contribution in [0.25, 0.3) is 0 Å². The summed E-state index contributed by atoms with van der Waals surface area (Å²) in [5.74, 6) is -0.817. The molecular formula is C11H10F5NO2. The molecule has 106 valence electrons. The summed E-state index contributed by atoms with van der Waals surface area (Å²) in [5.41, 5.74) is -2.75. The van der Waals surface area contributed by atoms with Crippen molar-refractivity contribution in [2.24, 2.45) is 0 Å². The summed E-state index contributed by atoms with van der Waals surface area (Å²) in [6.45, 7) is 1.19. The number of aromatic nitrogens is 1. The van der Waals surface area contributed by atoms with E-state index in [2.05, 4.69) is 9.72 Å². The molecule has 0 atom stereocenters. The molecule has 0 bridgehead atoms. The van der Waals surface area contributed by atoms with Gasteiger partial charge in [0, 0.05) is 0 Å². The zero-order chi connectivity index (χ0) is 14.8. The van der Waals surface area contributed by atoms with Crippen LogP contribution in [0.5, 0.6) is 0 Å². The number of hydrogen-bond donors (Lipinski definition) is 0. The van der Waals surface area contributed by atoms with Crippen molar-refractivity contribution in [3.63, 3.8) is 0 Å². The second-order valence-corrected chi connectivity index (χ2v) is 3.73. The number of alkyl halides is 5. The Morgan fingerprint density at radius 2 is 2.00 bits per heavy atom. The number of pyridine rings is 1. The van der Waals surface area contributed by atoms with Crippen molar-refractivity contribution in [3.8, 4) is 0 Å². The molecule has 8 heteroatoms. The van der Waals surface area contributed by atoms with Crippen molar-refractivity contribution < 1.29 is 31.5 Å². The van der Waals surface area contributed by atoms with Gasteiger partial charge in [0.15, 0.2) is 0 Å². The zero-order valence-corrected chi connectivity index (χ0v) is 10.0. The van der Waals surface area contributed by atoms with Gasteiger partial charge in [0.25, 0.3) is 6.43 Å². The highest BCUT2D eigenvalue weighted by molar-refractivity contribution is 5.73. The van der Waals surface area contributed by atoms with Crippen LogP contribution < -0.4 is 0 Å². The van der Waals surface area contributed by atoms with Gasteiger partial charge in [-0.3, -0.25) is 4.79 Å². The number of halogens is 5. The van der Waals surface area contributed by atoms with Crippen LogP contribution in [-0.4, -0.2) is 18.1 Å². The summed E-state index contributed by atoms with van der Waals surface area (Å²) in [7, 11) is 1.05. The standard InChI is InChI=1S/C11H10F5NO2/c1-5-6(4-8(18)19-2)3-7(11(14,15)16)17-9(5)10(12)13/h3,10H,4H2,1-2H3. The van der Waals surface area contributed by atoms with E-state index in [1.54, 1.807) is 0 Å². The highest BCUT2D eigenvalue weighted by Gasteiger charge is 2.35. The van der Waals surface area contributed by atoms with Gasteiger partial charge < -0.3 is 4.74 Å². The van der Waals surface area contributed by atoms with Gasteiger partial charge in [0.1, 0.15) is 11.4 Å². The maximum Gasteiger partial charge on any atom is 0.433 e. The molecule has 0 aromatic carbocycles. The highest BCUT2D eigenvalue weighted by Crippen LogP contribution is 2.32. The molecule has 1 rings (SSSR count). The Hall–Kier alpha value is -1.73. The number of nitrogens with zero attached hydrogens (tertiary/aromatic N) is 1. The average Bonchev–Trinajstić information content (AvgIpc) is 2.29. The quantitative estimate of drug-likeness (QED) is 0.632. The van der Waals surface area contributed by atoms with Gasteiger partial charge >= 0.3 is 12.1 Å². The maximum absolute atomic E-state index is 12.6.